The average Bonchev–Trinajstić information content (AvgIpc) is 3.00. The minimum Gasteiger partial charge on any atom is -0.489 e. The fourth-order valence-electron chi connectivity index (χ4n) is 5.37. The van der Waals surface area contributed by atoms with Gasteiger partial charge in [0.05, 0.1) is 6.61 Å². The van der Waals surface area contributed by atoms with Crippen molar-refractivity contribution in [3.8, 4) is 5.75 Å². The van der Waals surface area contributed by atoms with E-state index in [2.05, 4.69) is 19.1 Å². The molecule has 0 amide bonds. The lowest BCUT2D eigenvalue weighted by Crippen LogP contribution is -2.07. The highest BCUT2D eigenvalue weighted by molar-refractivity contribution is 5.69. The average molecular weight is 565 g/mol. The van der Waals surface area contributed by atoms with Gasteiger partial charge in [-0.05, 0) is 29.7 Å². The largest absolute Gasteiger partial charge is 0.489 e. The highest BCUT2D eigenvalue weighted by Gasteiger charge is 2.04. The van der Waals surface area contributed by atoms with Crippen molar-refractivity contribution in [2.24, 2.45) is 0 Å². The van der Waals surface area contributed by atoms with Gasteiger partial charge in [-0.15, -0.1) is 0 Å². The zero-order valence-electron chi connectivity index (χ0n) is 26.4. The van der Waals surface area contributed by atoms with Crippen molar-refractivity contribution in [3.63, 3.8) is 0 Å². The Morgan fingerprint density at radius 3 is 1.49 bits per heavy atom. The third kappa shape index (κ3) is 20.3. The zero-order valence-corrected chi connectivity index (χ0v) is 26.4. The maximum atomic E-state index is 12.1. The number of unbranched alkanes of at least 4 members (excludes halogenated alkanes) is 19. The Balaban J connectivity index is 1.30. The van der Waals surface area contributed by atoms with Crippen LogP contribution in [0.1, 0.15) is 153 Å². The van der Waals surface area contributed by atoms with Crippen molar-refractivity contribution in [3.05, 3.63) is 65.7 Å². The number of esters is 1. The maximum absolute atomic E-state index is 12.1. The first kappa shape index (κ1) is 34.9. The van der Waals surface area contributed by atoms with Crippen LogP contribution in [0.3, 0.4) is 0 Å². The van der Waals surface area contributed by atoms with Crippen LogP contribution >= 0.6 is 0 Å². The summed E-state index contributed by atoms with van der Waals surface area (Å²) in [5.74, 6) is 0.796. The molecule has 2 aromatic rings. The van der Waals surface area contributed by atoms with Crippen LogP contribution in [0, 0.1) is 0 Å². The second kappa shape index (κ2) is 25.4. The molecule has 0 saturated heterocycles. The smallest absolute Gasteiger partial charge is 0.305 e. The molecule has 0 aliphatic carbocycles. The Kier molecular flexibility index (Phi) is 21.6. The molecule has 3 heteroatoms. The van der Waals surface area contributed by atoms with Gasteiger partial charge in [-0.3, -0.25) is 4.79 Å². The van der Waals surface area contributed by atoms with E-state index in [1.54, 1.807) is 0 Å². The predicted octanol–water partition coefficient (Wildman–Crippen LogP) is 11.6. The second-order valence-electron chi connectivity index (χ2n) is 11.9. The number of carbonyl (C=O) groups excluding carboxylic acids is 1. The van der Waals surface area contributed by atoms with Gasteiger partial charge < -0.3 is 9.47 Å². The molecule has 0 aromatic heterocycles. The van der Waals surface area contributed by atoms with E-state index in [9.17, 15) is 4.79 Å². The van der Waals surface area contributed by atoms with Gasteiger partial charge in [0, 0.05) is 12.8 Å². The van der Waals surface area contributed by atoms with Crippen molar-refractivity contribution >= 4 is 5.97 Å². The molecule has 0 N–H and O–H groups in total. The van der Waals surface area contributed by atoms with E-state index in [0.717, 1.165) is 36.1 Å². The SMILES string of the molecule is CCCCCCCCCCCCCCCCCCCCCCC(=O)OCCc1ccc(OCc2ccccc2)cc1. The molecule has 0 unspecified atom stereocenters. The normalized spacial score (nSPS) is 11.0. The number of hydrogen-bond donors (Lipinski definition) is 0. The van der Waals surface area contributed by atoms with Gasteiger partial charge in [0.2, 0.25) is 0 Å². The second-order valence-corrected chi connectivity index (χ2v) is 11.9. The molecule has 0 heterocycles. The zero-order chi connectivity index (χ0) is 29.1. The molecular weight excluding hydrogens is 504 g/mol. The van der Waals surface area contributed by atoms with Gasteiger partial charge >= 0.3 is 5.97 Å². The van der Waals surface area contributed by atoms with E-state index in [4.69, 9.17) is 9.47 Å². The van der Waals surface area contributed by atoms with E-state index in [1.165, 1.54) is 116 Å². The van der Waals surface area contributed by atoms with Gasteiger partial charge in [0.15, 0.2) is 0 Å². The molecule has 0 aliphatic rings. The summed E-state index contributed by atoms with van der Waals surface area (Å²) in [6, 6.07) is 18.2. The lowest BCUT2D eigenvalue weighted by Gasteiger charge is -2.08. The van der Waals surface area contributed by atoms with Crippen LogP contribution in [0.5, 0.6) is 5.75 Å². The van der Waals surface area contributed by atoms with Crippen LogP contribution < -0.4 is 4.74 Å². The van der Waals surface area contributed by atoms with E-state index in [-0.39, 0.29) is 5.97 Å². The molecule has 0 spiro atoms. The fraction of sp³-hybridized carbons (Fsp3) is 0.658. The summed E-state index contributed by atoms with van der Waals surface area (Å²) >= 11 is 0. The van der Waals surface area contributed by atoms with Crippen LogP contribution in [0.25, 0.3) is 0 Å². The van der Waals surface area contributed by atoms with Gasteiger partial charge in [-0.2, -0.15) is 0 Å². The van der Waals surface area contributed by atoms with Crippen molar-refractivity contribution in [1.29, 1.82) is 0 Å². The Morgan fingerprint density at radius 1 is 0.537 bits per heavy atom. The molecule has 0 saturated carbocycles. The summed E-state index contributed by atoms with van der Waals surface area (Å²) < 4.78 is 11.3. The number of carbonyl (C=O) groups is 1. The highest BCUT2D eigenvalue weighted by Crippen LogP contribution is 2.16. The molecule has 2 aromatic carbocycles. The lowest BCUT2D eigenvalue weighted by molar-refractivity contribution is -0.143. The molecular formula is C38H60O3. The quantitative estimate of drug-likeness (QED) is 0.0799. The summed E-state index contributed by atoms with van der Waals surface area (Å²) in [6.07, 6.45) is 28.7. The molecule has 2 rings (SSSR count). The minimum atomic E-state index is -0.0600. The molecule has 3 nitrogen and oxygen atoms in total. The van der Waals surface area contributed by atoms with E-state index in [1.807, 2.05) is 42.5 Å². The summed E-state index contributed by atoms with van der Waals surface area (Å²) in [6.45, 7) is 3.30. The molecule has 41 heavy (non-hydrogen) atoms. The Bertz CT molecular complexity index is 846. The van der Waals surface area contributed by atoms with Crippen molar-refractivity contribution in [1.82, 2.24) is 0 Å². The van der Waals surface area contributed by atoms with Gasteiger partial charge in [-0.25, -0.2) is 0 Å². The van der Waals surface area contributed by atoms with E-state index >= 15 is 0 Å². The summed E-state index contributed by atoms with van der Waals surface area (Å²) in [5.41, 5.74) is 2.31. The predicted molar refractivity (Wildman–Crippen MR) is 175 cm³/mol. The number of hydrogen-bond acceptors (Lipinski definition) is 3. The highest BCUT2D eigenvalue weighted by atomic mass is 16.5. The van der Waals surface area contributed by atoms with Gasteiger partial charge in [0.25, 0.3) is 0 Å². The topological polar surface area (TPSA) is 35.5 Å². The van der Waals surface area contributed by atoms with Gasteiger partial charge in [-0.1, -0.05) is 171 Å². The molecule has 0 aliphatic heterocycles. The maximum Gasteiger partial charge on any atom is 0.305 e. The van der Waals surface area contributed by atoms with Gasteiger partial charge in [0.1, 0.15) is 12.4 Å². The van der Waals surface area contributed by atoms with Crippen LogP contribution in [0.15, 0.2) is 54.6 Å². The van der Waals surface area contributed by atoms with E-state index < -0.39 is 0 Å². The molecule has 0 bridgehead atoms. The minimum absolute atomic E-state index is 0.0600. The molecule has 230 valence electrons. The van der Waals surface area contributed by atoms with E-state index in [0.29, 0.717) is 19.6 Å². The lowest BCUT2D eigenvalue weighted by atomic mass is 10.0. The van der Waals surface area contributed by atoms with Crippen molar-refractivity contribution in [2.45, 2.75) is 155 Å². The number of ether oxygens (including phenoxy) is 2. The summed E-state index contributed by atoms with van der Waals surface area (Å²) in [7, 11) is 0. The van der Waals surface area contributed by atoms with Crippen LogP contribution in [-0.4, -0.2) is 12.6 Å². The molecule has 0 radical (unpaired) electrons. The summed E-state index contributed by atoms with van der Waals surface area (Å²) in [4.78, 5) is 12.1. The third-order valence-electron chi connectivity index (χ3n) is 8.06. The van der Waals surface area contributed by atoms with Crippen LogP contribution in [0.4, 0.5) is 0 Å². The molecule has 0 atom stereocenters. The summed E-state index contributed by atoms with van der Waals surface area (Å²) in [5, 5.41) is 0. The Labute approximate surface area is 252 Å². The van der Waals surface area contributed by atoms with Crippen molar-refractivity contribution in [2.75, 3.05) is 6.61 Å². The van der Waals surface area contributed by atoms with Crippen LogP contribution in [-0.2, 0) is 22.6 Å². The van der Waals surface area contributed by atoms with Crippen molar-refractivity contribution < 1.29 is 14.3 Å². The fourth-order valence-corrected chi connectivity index (χ4v) is 5.37. The third-order valence-corrected chi connectivity index (χ3v) is 8.06. The number of benzene rings is 2. The molecule has 0 fully saturated rings. The Hall–Kier alpha value is -2.29. The number of rotatable bonds is 27. The van der Waals surface area contributed by atoms with Crippen LogP contribution in [0.2, 0.25) is 0 Å². The standard InChI is InChI=1S/C38H60O3/c1-2-3-4-5-6-7-8-9-10-11-12-13-14-15-16-17-18-19-20-24-27-38(39)40-33-32-35-28-30-37(31-29-35)41-34-36-25-22-21-23-26-36/h21-23,25-26,28-31H,2-20,24,27,32-34H2,1H3. The first-order chi connectivity index (χ1) is 20.3. The monoisotopic (exact) mass is 564 g/mol. The Morgan fingerprint density at radius 2 is 1.00 bits per heavy atom. The first-order valence-electron chi connectivity index (χ1n) is 17.2. The first-order valence-corrected chi connectivity index (χ1v) is 17.2.